The van der Waals surface area contributed by atoms with Gasteiger partial charge in [-0.05, 0) is 43.7 Å². The number of Topliss-reactive ketones (excluding diaryl/α,β-unsaturated/α-hetero) is 1. The summed E-state index contributed by atoms with van der Waals surface area (Å²) in [5.41, 5.74) is 5.83. The van der Waals surface area contributed by atoms with Crippen LogP contribution in [0.4, 0.5) is 4.39 Å². The number of benzene rings is 1. The summed E-state index contributed by atoms with van der Waals surface area (Å²) in [4.78, 5) is 11.8. The summed E-state index contributed by atoms with van der Waals surface area (Å²) in [6.45, 7) is -0.0242. The van der Waals surface area contributed by atoms with Gasteiger partial charge in [-0.2, -0.15) is 0 Å². The van der Waals surface area contributed by atoms with E-state index in [-0.39, 0.29) is 23.5 Å². The van der Waals surface area contributed by atoms with Gasteiger partial charge in [-0.25, -0.2) is 4.39 Å². The normalized spacial score (nSPS) is 22.6. The lowest BCUT2D eigenvalue weighted by atomic mass is 9.83. The number of nitrogens with two attached hydrogens (primary N) is 1. The van der Waals surface area contributed by atoms with Gasteiger partial charge in [0.25, 0.3) is 0 Å². The van der Waals surface area contributed by atoms with Crippen molar-refractivity contribution in [2.24, 2.45) is 11.7 Å². The van der Waals surface area contributed by atoms with Gasteiger partial charge in [0, 0.05) is 18.5 Å². The zero-order valence-electron chi connectivity index (χ0n) is 11.3. The number of hydrogen-bond acceptors (Lipinski definition) is 3. The third-order valence-corrected chi connectivity index (χ3v) is 4.01. The molecule has 3 nitrogen and oxygen atoms in total. The van der Waals surface area contributed by atoms with Crippen molar-refractivity contribution >= 4 is 17.4 Å². The van der Waals surface area contributed by atoms with Crippen LogP contribution < -0.4 is 10.5 Å². The van der Waals surface area contributed by atoms with Gasteiger partial charge >= 0.3 is 0 Å². The Hall–Kier alpha value is -1.13. The summed E-state index contributed by atoms with van der Waals surface area (Å²) >= 11 is 5.58. The van der Waals surface area contributed by atoms with E-state index in [0.717, 1.165) is 25.7 Å². The fourth-order valence-corrected chi connectivity index (χ4v) is 2.62. The molecule has 0 atom stereocenters. The minimum absolute atomic E-state index is 0.0242. The van der Waals surface area contributed by atoms with E-state index in [4.69, 9.17) is 22.1 Å². The zero-order valence-corrected chi connectivity index (χ0v) is 12.0. The molecule has 0 bridgehead atoms. The molecule has 1 aromatic carbocycles. The molecule has 1 aliphatic rings. The summed E-state index contributed by atoms with van der Waals surface area (Å²) in [7, 11) is 0. The summed E-state index contributed by atoms with van der Waals surface area (Å²) < 4.78 is 18.5. The van der Waals surface area contributed by atoms with Crippen molar-refractivity contribution in [2.45, 2.75) is 38.1 Å². The molecule has 20 heavy (non-hydrogen) atoms. The molecular formula is C15H19ClFNO2. The van der Waals surface area contributed by atoms with Crippen LogP contribution in [0.15, 0.2) is 18.2 Å². The second-order valence-electron chi connectivity index (χ2n) is 5.39. The van der Waals surface area contributed by atoms with Gasteiger partial charge in [-0.1, -0.05) is 11.6 Å². The molecule has 0 spiro atoms. The molecule has 110 valence electrons. The molecular weight excluding hydrogens is 281 g/mol. The lowest BCUT2D eigenvalue weighted by Gasteiger charge is -2.25. The van der Waals surface area contributed by atoms with Gasteiger partial charge in [0.1, 0.15) is 18.2 Å². The third kappa shape index (κ3) is 4.46. The number of ether oxygens (including phenoxy) is 1. The van der Waals surface area contributed by atoms with Crippen molar-refractivity contribution in [3.8, 4) is 5.75 Å². The van der Waals surface area contributed by atoms with E-state index in [1.807, 2.05) is 0 Å². The van der Waals surface area contributed by atoms with Crippen LogP contribution in [-0.4, -0.2) is 18.4 Å². The van der Waals surface area contributed by atoms with Gasteiger partial charge in [0.15, 0.2) is 5.78 Å². The SMILES string of the molecule is NC1CCC(CC(=O)COc2ccc(Cl)c(F)c2)CC1. The van der Waals surface area contributed by atoms with E-state index in [9.17, 15) is 9.18 Å². The van der Waals surface area contributed by atoms with Crippen LogP contribution in [0.2, 0.25) is 5.02 Å². The van der Waals surface area contributed by atoms with Crippen molar-refractivity contribution < 1.29 is 13.9 Å². The van der Waals surface area contributed by atoms with Crippen molar-refractivity contribution in [3.63, 3.8) is 0 Å². The molecule has 1 fully saturated rings. The Balaban J connectivity index is 1.76. The first-order valence-corrected chi connectivity index (χ1v) is 7.27. The third-order valence-electron chi connectivity index (χ3n) is 3.70. The Morgan fingerprint density at radius 2 is 2.05 bits per heavy atom. The predicted molar refractivity (Wildman–Crippen MR) is 76.5 cm³/mol. The van der Waals surface area contributed by atoms with Gasteiger partial charge in [0.2, 0.25) is 0 Å². The van der Waals surface area contributed by atoms with Gasteiger partial charge < -0.3 is 10.5 Å². The van der Waals surface area contributed by atoms with Crippen LogP contribution >= 0.6 is 11.6 Å². The summed E-state index contributed by atoms with van der Waals surface area (Å²) in [6.07, 6.45) is 4.50. The highest BCUT2D eigenvalue weighted by Gasteiger charge is 2.21. The molecule has 0 unspecified atom stereocenters. The van der Waals surface area contributed by atoms with E-state index in [2.05, 4.69) is 0 Å². The second-order valence-corrected chi connectivity index (χ2v) is 5.80. The molecule has 0 saturated heterocycles. The first kappa shape index (κ1) is 15.3. The standard InChI is InChI=1S/C15H19ClFNO2/c16-14-6-5-13(8-15(14)17)20-9-12(19)7-10-1-3-11(18)4-2-10/h5-6,8,10-11H,1-4,7,9,18H2. The van der Waals surface area contributed by atoms with E-state index >= 15 is 0 Å². The average Bonchev–Trinajstić information content (AvgIpc) is 2.43. The molecule has 0 heterocycles. The fourth-order valence-electron chi connectivity index (χ4n) is 2.50. The smallest absolute Gasteiger partial charge is 0.170 e. The van der Waals surface area contributed by atoms with Crippen LogP contribution in [0.1, 0.15) is 32.1 Å². The van der Waals surface area contributed by atoms with E-state index in [1.165, 1.54) is 12.1 Å². The number of hydrogen-bond donors (Lipinski definition) is 1. The van der Waals surface area contributed by atoms with Gasteiger partial charge in [-0.15, -0.1) is 0 Å². The summed E-state index contributed by atoms with van der Waals surface area (Å²) in [5.74, 6) is 0.234. The lowest BCUT2D eigenvalue weighted by Crippen LogP contribution is -2.28. The average molecular weight is 300 g/mol. The summed E-state index contributed by atoms with van der Waals surface area (Å²) in [6, 6.07) is 4.45. The maximum atomic E-state index is 13.2. The zero-order chi connectivity index (χ0) is 14.5. The molecule has 0 aromatic heterocycles. The van der Waals surface area contributed by atoms with Crippen molar-refractivity contribution in [2.75, 3.05) is 6.61 Å². The number of carbonyl (C=O) groups is 1. The van der Waals surface area contributed by atoms with E-state index < -0.39 is 5.82 Å². The Bertz CT molecular complexity index is 473. The molecule has 2 N–H and O–H groups in total. The van der Waals surface area contributed by atoms with E-state index in [1.54, 1.807) is 6.07 Å². The highest BCUT2D eigenvalue weighted by Crippen LogP contribution is 2.26. The highest BCUT2D eigenvalue weighted by atomic mass is 35.5. The molecule has 0 amide bonds. The molecule has 0 radical (unpaired) electrons. The maximum Gasteiger partial charge on any atom is 0.170 e. The number of halogens is 2. The minimum atomic E-state index is -0.544. The van der Waals surface area contributed by atoms with Crippen LogP contribution in [0.3, 0.4) is 0 Å². The van der Waals surface area contributed by atoms with Crippen LogP contribution in [0.25, 0.3) is 0 Å². The van der Waals surface area contributed by atoms with Crippen molar-refractivity contribution in [3.05, 3.63) is 29.0 Å². The number of ketones is 1. The Morgan fingerprint density at radius 1 is 1.35 bits per heavy atom. The Labute approximate surface area is 123 Å². The first-order valence-electron chi connectivity index (χ1n) is 6.89. The van der Waals surface area contributed by atoms with Crippen molar-refractivity contribution in [1.82, 2.24) is 0 Å². The molecule has 2 rings (SSSR count). The monoisotopic (exact) mass is 299 g/mol. The van der Waals surface area contributed by atoms with Crippen LogP contribution in [0, 0.1) is 11.7 Å². The quantitative estimate of drug-likeness (QED) is 0.907. The number of carbonyl (C=O) groups excluding carboxylic acids is 1. The first-order chi connectivity index (χ1) is 9.54. The summed E-state index contributed by atoms with van der Waals surface area (Å²) in [5, 5.41) is 0.0437. The minimum Gasteiger partial charge on any atom is -0.486 e. The lowest BCUT2D eigenvalue weighted by molar-refractivity contribution is -0.122. The van der Waals surface area contributed by atoms with Gasteiger partial charge in [-0.3, -0.25) is 4.79 Å². The number of rotatable bonds is 5. The molecule has 1 aliphatic carbocycles. The fraction of sp³-hybridized carbons (Fsp3) is 0.533. The van der Waals surface area contributed by atoms with E-state index in [0.29, 0.717) is 18.1 Å². The van der Waals surface area contributed by atoms with Crippen molar-refractivity contribution in [1.29, 1.82) is 0 Å². The molecule has 0 aliphatic heterocycles. The highest BCUT2D eigenvalue weighted by molar-refractivity contribution is 6.30. The molecule has 1 saturated carbocycles. The molecule has 5 heteroatoms. The van der Waals surface area contributed by atoms with Gasteiger partial charge in [0.05, 0.1) is 5.02 Å². The predicted octanol–water partition coefficient (Wildman–Crippen LogP) is 3.33. The topological polar surface area (TPSA) is 52.3 Å². The largest absolute Gasteiger partial charge is 0.486 e. The Morgan fingerprint density at radius 3 is 2.70 bits per heavy atom. The van der Waals surface area contributed by atoms with Crippen LogP contribution in [0.5, 0.6) is 5.75 Å². The maximum absolute atomic E-state index is 13.2. The Kier molecular flexibility index (Phi) is 5.38. The van der Waals surface area contributed by atoms with Crippen LogP contribution in [-0.2, 0) is 4.79 Å². The second kappa shape index (κ2) is 7.04. The molecule has 1 aromatic rings.